The number of thioether (sulfide) groups is 1. The average Bonchev–Trinajstić information content (AvgIpc) is 3.13. The Morgan fingerprint density at radius 1 is 1.12 bits per heavy atom. The van der Waals surface area contributed by atoms with Crippen molar-refractivity contribution in [1.82, 2.24) is 10.2 Å². The topological polar surface area (TPSA) is 66.9 Å². The Hall–Kier alpha value is -2.38. The van der Waals surface area contributed by atoms with Crippen molar-refractivity contribution < 1.29 is 4.79 Å². The molecule has 0 fully saturated rings. The first-order valence-corrected chi connectivity index (χ1v) is 10.2. The molecule has 0 atom stereocenters. The highest BCUT2D eigenvalue weighted by Crippen LogP contribution is 2.28. The molecule has 3 aromatic rings. The van der Waals surface area contributed by atoms with Crippen molar-refractivity contribution in [2.24, 2.45) is 0 Å². The van der Waals surface area contributed by atoms with E-state index in [4.69, 9.17) is 0 Å². The number of nitrogens with zero attached hydrogens (tertiary/aromatic N) is 2. The molecule has 0 bridgehead atoms. The van der Waals surface area contributed by atoms with Gasteiger partial charge in [0.1, 0.15) is 0 Å². The van der Waals surface area contributed by atoms with Gasteiger partial charge >= 0.3 is 0 Å². The van der Waals surface area contributed by atoms with E-state index in [1.807, 2.05) is 54.6 Å². The Kier molecular flexibility index (Phi) is 6.62. The molecule has 5 nitrogen and oxygen atoms in total. The number of amides is 1. The summed E-state index contributed by atoms with van der Waals surface area (Å²) in [6.45, 7) is 3.02. The van der Waals surface area contributed by atoms with E-state index < -0.39 is 0 Å². The van der Waals surface area contributed by atoms with E-state index in [2.05, 4.69) is 27.8 Å². The van der Waals surface area contributed by atoms with Crippen LogP contribution in [0.3, 0.4) is 0 Å². The number of benzene rings is 2. The van der Waals surface area contributed by atoms with Gasteiger partial charge in [-0.3, -0.25) is 4.79 Å². The van der Waals surface area contributed by atoms with Crippen LogP contribution >= 0.6 is 23.1 Å². The molecule has 0 saturated heterocycles. The van der Waals surface area contributed by atoms with Gasteiger partial charge in [-0.15, -0.1) is 10.2 Å². The van der Waals surface area contributed by atoms with Crippen molar-refractivity contribution in [1.29, 1.82) is 0 Å². The van der Waals surface area contributed by atoms with Crippen molar-refractivity contribution in [2.45, 2.75) is 23.4 Å². The van der Waals surface area contributed by atoms with Crippen LogP contribution in [-0.4, -0.2) is 22.6 Å². The molecule has 2 N–H and O–H groups in total. The fourth-order valence-corrected chi connectivity index (χ4v) is 3.96. The van der Waals surface area contributed by atoms with Gasteiger partial charge in [-0.1, -0.05) is 60.4 Å². The van der Waals surface area contributed by atoms with Crippen molar-refractivity contribution in [3.8, 4) is 0 Å². The minimum Gasteiger partial charge on any atom is -0.360 e. The minimum absolute atomic E-state index is 0.106. The molecule has 0 saturated carbocycles. The number of nitrogens with one attached hydrogen (secondary N) is 2. The third-order valence-corrected chi connectivity index (χ3v) is 5.60. The number of carbonyl (C=O) groups is 1. The van der Waals surface area contributed by atoms with E-state index in [1.165, 1.54) is 0 Å². The van der Waals surface area contributed by atoms with E-state index in [0.29, 0.717) is 5.56 Å². The first-order chi connectivity index (χ1) is 12.7. The second-order valence-electron chi connectivity index (χ2n) is 5.61. The third-order valence-electron chi connectivity index (χ3n) is 3.52. The normalized spacial score (nSPS) is 10.5. The molecule has 0 aliphatic carbocycles. The van der Waals surface area contributed by atoms with Crippen molar-refractivity contribution in [3.63, 3.8) is 0 Å². The van der Waals surface area contributed by atoms with E-state index in [-0.39, 0.29) is 5.91 Å². The Labute approximate surface area is 161 Å². The number of carbonyl (C=O) groups excluding carboxylic acids is 1. The van der Waals surface area contributed by atoms with Gasteiger partial charge in [0.2, 0.25) is 5.13 Å². The van der Waals surface area contributed by atoms with Gasteiger partial charge in [0.15, 0.2) is 4.34 Å². The second kappa shape index (κ2) is 9.35. The highest BCUT2D eigenvalue weighted by atomic mass is 32.2. The smallest absolute Gasteiger partial charge is 0.255 e. The van der Waals surface area contributed by atoms with E-state index in [1.54, 1.807) is 23.1 Å². The molecule has 3 rings (SSSR count). The van der Waals surface area contributed by atoms with Crippen LogP contribution in [0, 0.1) is 0 Å². The number of hydrogen-bond donors (Lipinski definition) is 2. The van der Waals surface area contributed by atoms with E-state index in [9.17, 15) is 4.79 Å². The van der Waals surface area contributed by atoms with Crippen molar-refractivity contribution >= 4 is 39.8 Å². The van der Waals surface area contributed by atoms with Crippen molar-refractivity contribution in [2.75, 3.05) is 17.2 Å². The Bertz CT molecular complexity index is 852. The Morgan fingerprint density at radius 2 is 1.96 bits per heavy atom. The SMILES string of the molecule is CCCNc1nnc(SCc2cccc(C(=O)Nc3ccccc3)c2)s1. The zero-order chi connectivity index (χ0) is 18.2. The average molecular weight is 385 g/mol. The van der Waals surface area contributed by atoms with Gasteiger partial charge in [0.25, 0.3) is 5.91 Å². The predicted octanol–water partition coefficient (Wildman–Crippen LogP) is 4.90. The largest absolute Gasteiger partial charge is 0.360 e. The van der Waals surface area contributed by atoms with Gasteiger partial charge in [0, 0.05) is 23.5 Å². The van der Waals surface area contributed by atoms with Crippen molar-refractivity contribution in [3.05, 3.63) is 65.7 Å². The number of aromatic nitrogens is 2. The maximum atomic E-state index is 12.4. The maximum absolute atomic E-state index is 12.4. The summed E-state index contributed by atoms with van der Waals surface area (Å²) in [6, 6.07) is 17.1. The summed E-state index contributed by atoms with van der Waals surface area (Å²) >= 11 is 3.18. The summed E-state index contributed by atoms with van der Waals surface area (Å²) in [6.07, 6.45) is 1.06. The lowest BCUT2D eigenvalue weighted by atomic mass is 10.1. The molecule has 0 spiro atoms. The summed E-state index contributed by atoms with van der Waals surface area (Å²) in [5.41, 5.74) is 2.52. The monoisotopic (exact) mass is 384 g/mol. The number of hydrogen-bond acceptors (Lipinski definition) is 6. The van der Waals surface area contributed by atoms with Crippen LogP contribution in [-0.2, 0) is 5.75 Å². The lowest BCUT2D eigenvalue weighted by molar-refractivity contribution is 0.102. The van der Waals surface area contributed by atoms with Crippen LogP contribution < -0.4 is 10.6 Å². The third kappa shape index (κ3) is 5.31. The van der Waals surface area contributed by atoms with E-state index in [0.717, 1.165) is 39.4 Å². The number of para-hydroxylation sites is 1. The lowest BCUT2D eigenvalue weighted by Crippen LogP contribution is -2.11. The van der Waals surface area contributed by atoms with Gasteiger partial charge in [0.05, 0.1) is 0 Å². The summed E-state index contributed by atoms with van der Waals surface area (Å²) in [7, 11) is 0. The second-order valence-corrected chi connectivity index (χ2v) is 7.81. The predicted molar refractivity (Wildman–Crippen MR) is 109 cm³/mol. The van der Waals surface area contributed by atoms with Crippen LogP contribution in [0.25, 0.3) is 0 Å². The fraction of sp³-hybridized carbons (Fsp3) is 0.211. The molecule has 7 heteroatoms. The van der Waals surface area contributed by atoms with Gasteiger partial charge in [-0.2, -0.15) is 0 Å². The Balaban J connectivity index is 1.58. The summed E-state index contributed by atoms with van der Waals surface area (Å²) in [5, 5.41) is 15.3. The molecule has 0 aliphatic rings. The molecule has 1 amide bonds. The molecule has 0 aliphatic heterocycles. The molecular formula is C19H20N4OS2. The molecule has 1 aromatic heterocycles. The molecule has 134 valence electrons. The van der Waals surface area contributed by atoms with Crippen LogP contribution in [0.15, 0.2) is 58.9 Å². The molecule has 2 aromatic carbocycles. The quantitative estimate of drug-likeness (QED) is 0.541. The summed E-state index contributed by atoms with van der Waals surface area (Å²) < 4.78 is 0.919. The lowest BCUT2D eigenvalue weighted by Gasteiger charge is -2.06. The van der Waals surface area contributed by atoms with Crippen LogP contribution in [0.5, 0.6) is 0 Å². The highest BCUT2D eigenvalue weighted by Gasteiger charge is 2.08. The maximum Gasteiger partial charge on any atom is 0.255 e. The number of rotatable bonds is 8. The molecule has 1 heterocycles. The summed E-state index contributed by atoms with van der Waals surface area (Å²) in [4.78, 5) is 12.4. The van der Waals surface area contributed by atoms with E-state index >= 15 is 0 Å². The standard InChI is InChI=1S/C19H20N4OS2/c1-2-11-20-18-22-23-19(26-18)25-13-14-7-6-8-15(12-14)17(24)21-16-9-4-3-5-10-16/h3-10,12H,2,11,13H2,1H3,(H,20,22)(H,21,24). The van der Waals surface area contributed by atoms with Crippen LogP contribution in [0.4, 0.5) is 10.8 Å². The van der Waals surface area contributed by atoms with Gasteiger partial charge < -0.3 is 10.6 Å². The Morgan fingerprint density at radius 3 is 2.77 bits per heavy atom. The molecule has 0 unspecified atom stereocenters. The van der Waals surface area contributed by atoms with Gasteiger partial charge in [-0.25, -0.2) is 0 Å². The molecule has 26 heavy (non-hydrogen) atoms. The first-order valence-electron chi connectivity index (χ1n) is 8.40. The zero-order valence-electron chi connectivity index (χ0n) is 14.4. The highest BCUT2D eigenvalue weighted by molar-refractivity contribution is 8.00. The van der Waals surface area contributed by atoms with Gasteiger partial charge in [-0.05, 0) is 36.2 Å². The van der Waals surface area contributed by atoms with Crippen LogP contribution in [0.2, 0.25) is 0 Å². The fourth-order valence-electron chi connectivity index (χ4n) is 2.24. The molecular weight excluding hydrogens is 364 g/mol. The first kappa shape index (κ1) is 18.4. The number of anilines is 2. The minimum atomic E-state index is -0.106. The molecule has 0 radical (unpaired) electrons. The summed E-state index contributed by atoms with van der Waals surface area (Å²) in [5.74, 6) is 0.638. The van der Waals surface area contributed by atoms with Crippen LogP contribution in [0.1, 0.15) is 29.3 Å². The zero-order valence-corrected chi connectivity index (χ0v) is 16.1.